The number of alkyl halides is 2. The summed E-state index contributed by atoms with van der Waals surface area (Å²) in [5.41, 5.74) is 6.94. The fraction of sp³-hybridized carbons (Fsp3) is 0.217. The van der Waals surface area contributed by atoms with E-state index in [-0.39, 0.29) is 0 Å². The van der Waals surface area contributed by atoms with E-state index in [0.717, 1.165) is 23.5 Å². The Morgan fingerprint density at radius 2 is 1.48 bits per heavy atom. The Bertz CT molecular complexity index is 799. The van der Waals surface area contributed by atoms with Crippen LogP contribution in [0.2, 0.25) is 0 Å². The third-order valence-corrected chi connectivity index (χ3v) is 5.83. The van der Waals surface area contributed by atoms with Crippen molar-refractivity contribution >= 4 is 31.9 Å². The average Bonchev–Trinajstić information content (AvgIpc) is 2.64. The minimum Gasteiger partial charge on any atom is -0.0876 e. The Labute approximate surface area is 167 Å². The van der Waals surface area contributed by atoms with E-state index in [2.05, 4.69) is 111 Å². The first-order valence-electron chi connectivity index (χ1n) is 8.62. The van der Waals surface area contributed by atoms with E-state index in [9.17, 15) is 0 Å². The molecule has 0 N–H and O–H groups in total. The summed E-state index contributed by atoms with van der Waals surface area (Å²) in [5.74, 6) is 0.418. The molecular formula is C23H22Br2. The van der Waals surface area contributed by atoms with Gasteiger partial charge in [-0.1, -0.05) is 111 Å². The fourth-order valence-corrected chi connectivity index (χ4v) is 4.36. The summed E-state index contributed by atoms with van der Waals surface area (Å²) in [7, 11) is 0. The molecule has 0 saturated heterocycles. The molecule has 0 fully saturated rings. The van der Waals surface area contributed by atoms with Gasteiger partial charge in [0.25, 0.3) is 0 Å². The van der Waals surface area contributed by atoms with Crippen LogP contribution in [0, 0.1) is 0 Å². The molecule has 3 rings (SSSR count). The summed E-state index contributed by atoms with van der Waals surface area (Å²) in [6.07, 6.45) is 13.3. The minimum atomic E-state index is 0.418. The fourth-order valence-electron chi connectivity index (χ4n) is 3.30. The van der Waals surface area contributed by atoms with Gasteiger partial charge in [-0.3, -0.25) is 0 Å². The maximum absolute atomic E-state index is 3.64. The molecule has 128 valence electrons. The van der Waals surface area contributed by atoms with E-state index < -0.39 is 0 Å². The van der Waals surface area contributed by atoms with E-state index in [1.807, 2.05) is 0 Å². The summed E-state index contributed by atoms with van der Waals surface area (Å²) in [4.78, 5) is 0. The Balaban J connectivity index is 1.95. The zero-order valence-electron chi connectivity index (χ0n) is 14.2. The SMILES string of the molecule is BrCc1ccccc1CC1=C\C(c2ccccc2CBr)C\C=C/C=C\1. The van der Waals surface area contributed by atoms with Crippen molar-refractivity contribution in [2.45, 2.75) is 29.4 Å². The van der Waals surface area contributed by atoms with E-state index in [1.54, 1.807) is 0 Å². The lowest BCUT2D eigenvalue weighted by Gasteiger charge is -2.18. The second-order valence-corrected chi connectivity index (χ2v) is 7.40. The molecule has 0 nitrogen and oxygen atoms in total. The first-order chi connectivity index (χ1) is 12.3. The smallest absolute Gasteiger partial charge is 0.0286 e. The lowest BCUT2D eigenvalue weighted by Crippen LogP contribution is -2.02. The molecule has 2 aromatic carbocycles. The summed E-state index contributed by atoms with van der Waals surface area (Å²) in [5, 5.41) is 1.80. The van der Waals surface area contributed by atoms with Crippen LogP contribution in [0.3, 0.4) is 0 Å². The number of hydrogen-bond donors (Lipinski definition) is 0. The Morgan fingerprint density at radius 1 is 0.800 bits per heavy atom. The van der Waals surface area contributed by atoms with Crippen LogP contribution in [0.4, 0.5) is 0 Å². The molecule has 0 radical (unpaired) electrons. The normalized spacial score (nSPS) is 21.7. The zero-order chi connectivity index (χ0) is 17.5. The standard InChI is InChI=1S/C23H22Br2/c24-16-21-11-5-4-9-19(21)14-18-8-2-1-3-10-20(15-18)23-13-7-6-12-22(23)17-25/h1-9,11-13,15,20H,10,14,16-17H2/b3-1-,8-2-,18-15-. The zero-order valence-corrected chi connectivity index (χ0v) is 17.3. The number of allylic oxidation sites excluding steroid dienone is 6. The molecular weight excluding hydrogens is 436 g/mol. The lowest BCUT2D eigenvalue weighted by atomic mass is 9.87. The van der Waals surface area contributed by atoms with Crippen molar-refractivity contribution < 1.29 is 0 Å². The molecule has 0 saturated carbocycles. The Kier molecular flexibility index (Phi) is 6.89. The molecule has 1 atom stereocenters. The van der Waals surface area contributed by atoms with Gasteiger partial charge in [0.15, 0.2) is 0 Å². The molecule has 0 amide bonds. The molecule has 25 heavy (non-hydrogen) atoms. The van der Waals surface area contributed by atoms with E-state index in [4.69, 9.17) is 0 Å². The van der Waals surface area contributed by atoms with Crippen LogP contribution in [-0.2, 0) is 17.1 Å². The molecule has 0 bridgehead atoms. The highest BCUT2D eigenvalue weighted by atomic mass is 79.9. The van der Waals surface area contributed by atoms with Crippen molar-refractivity contribution in [1.82, 2.24) is 0 Å². The monoisotopic (exact) mass is 456 g/mol. The number of rotatable bonds is 5. The first kappa shape index (κ1) is 18.4. The third kappa shape index (κ3) is 4.83. The maximum Gasteiger partial charge on any atom is 0.0286 e. The maximum atomic E-state index is 3.64. The molecule has 0 aromatic heterocycles. The lowest BCUT2D eigenvalue weighted by molar-refractivity contribution is 0.841. The quantitative estimate of drug-likeness (QED) is 0.415. The van der Waals surface area contributed by atoms with Gasteiger partial charge >= 0.3 is 0 Å². The number of benzene rings is 2. The number of hydrogen-bond acceptors (Lipinski definition) is 0. The van der Waals surface area contributed by atoms with Crippen LogP contribution in [-0.4, -0.2) is 0 Å². The van der Waals surface area contributed by atoms with E-state index >= 15 is 0 Å². The molecule has 0 spiro atoms. The van der Waals surface area contributed by atoms with Crippen LogP contribution >= 0.6 is 31.9 Å². The summed E-state index contributed by atoms with van der Waals surface area (Å²) in [6, 6.07) is 17.4. The van der Waals surface area contributed by atoms with E-state index in [1.165, 1.54) is 27.8 Å². The van der Waals surface area contributed by atoms with Gasteiger partial charge < -0.3 is 0 Å². The minimum absolute atomic E-state index is 0.418. The van der Waals surface area contributed by atoms with Crippen molar-refractivity contribution in [3.63, 3.8) is 0 Å². The number of halogens is 2. The van der Waals surface area contributed by atoms with Gasteiger partial charge in [0.1, 0.15) is 0 Å². The van der Waals surface area contributed by atoms with Crippen molar-refractivity contribution in [2.75, 3.05) is 0 Å². The van der Waals surface area contributed by atoms with Crippen molar-refractivity contribution in [3.05, 3.63) is 107 Å². The van der Waals surface area contributed by atoms with Gasteiger partial charge in [0, 0.05) is 16.6 Å². The topological polar surface area (TPSA) is 0 Å². The van der Waals surface area contributed by atoms with Crippen molar-refractivity contribution in [1.29, 1.82) is 0 Å². The van der Waals surface area contributed by atoms with Crippen LogP contribution in [0.5, 0.6) is 0 Å². The molecule has 1 aliphatic carbocycles. The Morgan fingerprint density at radius 3 is 2.24 bits per heavy atom. The highest BCUT2D eigenvalue weighted by Gasteiger charge is 2.13. The van der Waals surface area contributed by atoms with Gasteiger partial charge in [0.05, 0.1) is 0 Å². The van der Waals surface area contributed by atoms with Gasteiger partial charge in [-0.25, -0.2) is 0 Å². The van der Waals surface area contributed by atoms with Crippen LogP contribution < -0.4 is 0 Å². The predicted octanol–water partition coefficient (Wildman–Crippen LogP) is 7.25. The first-order valence-corrected chi connectivity index (χ1v) is 10.9. The summed E-state index contributed by atoms with van der Waals surface area (Å²) >= 11 is 7.25. The van der Waals surface area contributed by atoms with Gasteiger partial charge in [-0.15, -0.1) is 0 Å². The molecule has 2 aromatic rings. The van der Waals surface area contributed by atoms with Gasteiger partial charge in [-0.2, -0.15) is 0 Å². The van der Waals surface area contributed by atoms with E-state index in [0.29, 0.717) is 5.92 Å². The predicted molar refractivity (Wildman–Crippen MR) is 116 cm³/mol. The Hall–Kier alpha value is -1.38. The van der Waals surface area contributed by atoms with Crippen LogP contribution in [0.25, 0.3) is 0 Å². The largest absolute Gasteiger partial charge is 0.0876 e. The second kappa shape index (κ2) is 9.35. The van der Waals surface area contributed by atoms with Gasteiger partial charge in [-0.05, 0) is 40.7 Å². The third-order valence-electron chi connectivity index (χ3n) is 4.62. The molecule has 0 heterocycles. The second-order valence-electron chi connectivity index (χ2n) is 6.28. The van der Waals surface area contributed by atoms with Gasteiger partial charge in [0.2, 0.25) is 0 Å². The van der Waals surface area contributed by atoms with Crippen molar-refractivity contribution in [3.8, 4) is 0 Å². The molecule has 0 aliphatic heterocycles. The molecule has 1 unspecified atom stereocenters. The van der Waals surface area contributed by atoms with Crippen molar-refractivity contribution in [2.24, 2.45) is 0 Å². The summed E-state index contributed by atoms with van der Waals surface area (Å²) in [6.45, 7) is 0. The van der Waals surface area contributed by atoms with Crippen LogP contribution in [0.15, 0.2) is 84.5 Å². The average molecular weight is 458 g/mol. The highest BCUT2D eigenvalue weighted by Crippen LogP contribution is 2.30. The molecule has 1 aliphatic rings. The van der Waals surface area contributed by atoms with Crippen LogP contribution in [0.1, 0.15) is 34.6 Å². The summed E-state index contributed by atoms with van der Waals surface area (Å²) < 4.78 is 0. The highest BCUT2D eigenvalue weighted by molar-refractivity contribution is 9.08. The molecule has 2 heteroatoms.